The Morgan fingerprint density at radius 3 is 2.59 bits per heavy atom. The number of hydrogen-bond donors (Lipinski definition) is 1. The van der Waals surface area contributed by atoms with Crippen LogP contribution >= 0.6 is 0 Å². The number of hydrogen-bond acceptors (Lipinski definition) is 2. The average Bonchev–Trinajstić information content (AvgIpc) is 2.84. The number of H-pyrrole nitrogens is 1. The highest BCUT2D eigenvalue weighted by atomic mass is 14.9. The summed E-state index contributed by atoms with van der Waals surface area (Å²) in [4.78, 5) is 11.6. The van der Waals surface area contributed by atoms with Crippen molar-refractivity contribution in [2.45, 2.75) is 33.6 Å². The van der Waals surface area contributed by atoms with Crippen molar-refractivity contribution < 1.29 is 0 Å². The molecule has 1 aliphatic rings. The lowest BCUT2D eigenvalue weighted by Crippen LogP contribution is -1.89. The Balaban J connectivity index is 0.000000847. The molecule has 1 aliphatic carbocycles. The van der Waals surface area contributed by atoms with Crippen LogP contribution in [-0.4, -0.2) is 15.0 Å². The zero-order valence-corrected chi connectivity index (χ0v) is 13.5. The first-order valence-electron chi connectivity index (χ1n) is 7.78. The van der Waals surface area contributed by atoms with Gasteiger partial charge in [0.2, 0.25) is 0 Å². The third kappa shape index (κ3) is 4.29. The second-order valence-electron chi connectivity index (χ2n) is 4.96. The van der Waals surface area contributed by atoms with E-state index in [0.29, 0.717) is 0 Å². The number of rotatable bonds is 3. The van der Waals surface area contributed by atoms with Gasteiger partial charge in [-0.3, -0.25) is 4.98 Å². The van der Waals surface area contributed by atoms with Gasteiger partial charge >= 0.3 is 0 Å². The molecule has 1 N–H and O–H groups in total. The third-order valence-electron chi connectivity index (χ3n) is 3.36. The van der Waals surface area contributed by atoms with Crippen molar-refractivity contribution in [2.24, 2.45) is 0 Å². The highest BCUT2D eigenvalue weighted by Gasteiger charge is 2.04. The Morgan fingerprint density at radius 2 is 1.91 bits per heavy atom. The largest absolute Gasteiger partial charge is 0.346 e. The van der Waals surface area contributed by atoms with E-state index >= 15 is 0 Å². The molecule has 114 valence electrons. The number of nitrogens with one attached hydrogen (secondary N) is 1. The van der Waals surface area contributed by atoms with Gasteiger partial charge in [-0.15, -0.1) is 0 Å². The van der Waals surface area contributed by atoms with Crippen LogP contribution in [0, 0.1) is 6.92 Å². The van der Waals surface area contributed by atoms with Crippen LogP contribution in [0.15, 0.2) is 60.6 Å². The molecular weight excluding hydrogens is 270 g/mol. The molecule has 0 radical (unpaired) electrons. The second kappa shape index (κ2) is 8.13. The van der Waals surface area contributed by atoms with Gasteiger partial charge in [-0.25, -0.2) is 4.98 Å². The molecule has 2 heterocycles. The monoisotopic (exact) mass is 293 g/mol. The van der Waals surface area contributed by atoms with Gasteiger partial charge < -0.3 is 4.98 Å². The lowest BCUT2D eigenvalue weighted by atomic mass is 10.1. The number of allylic oxidation sites excluding steroid dienone is 6. The van der Waals surface area contributed by atoms with Crippen molar-refractivity contribution in [2.75, 3.05) is 0 Å². The van der Waals surface area contributed by atoms with E-state index in [1.165, 1.54) is 22.4 Å². The Kier molecular flexibility index (Phi) is 5.90. The van der Waals surface area contributed by atoms with Crippen molar-refractivity contribution in [3.05, 3.63) is 77.7 Å². The molecule has 0 fully saturated rings. The highest BCUT2D eigenvalue weighted by molar-refractivity contribution is 5.75. The van der Waals surface area contributed by atoms with Crippen molar-refractivity contribution in [1.29, 1.82) is 0 Å². The SMILES string of the molecule is CC.Cc1ncc(CC2=CC=C(c3ccncc3)C=CC2)[nH]1. The third-order valence-corrected chi connectivity index (χ3v) is 3.36. The van der Waals surface area contributed by atoms with Crippen LogP contribution in [0.3, 0.4) is 0 Å². The number of aryl methyl sites for hydroxylation is 1. The van der Waals surface area contributed by atoms with E-state index in [4.69, 9.17) is 0 Å². The number of nitrogens with zero attached hydrogens (tertiary/aromatic N) is 2. The lowest BCUT2D eigenvalue weighted by molar-refractivity contribution is 1.01. The molecule has 0 saturated heterocycles. The first-order chi connectivity index (χ1) is 10.8. The molecule has 0 aromatic carbocycles. The molecule has 3 nitrogen and oxygen atoms in total. The number of aromatic nitrogens is 3. The summed E-state index contributed by atoms with van der Waals surface area (Å²) < 4.78 is 0. The summed E-state index contributed by atoms with van der Waals surface area (Å²) in [6.45, 7) is 5.98. The van der Waals surface area contributed by atoms with Gasteiger partial charge in [0.15, 0.2) is 0 Å². The zero-order valence-electron chi connectivity index (χ0n) is 13.5. The Morgan fingerprint density at radius 1 is 1.14 bits per heavy atom. The maximum absolute atomic E-state index is 4.24. The summed E-state index contributed by atoms with van der Waals surface area (Å²) in [5, 5.41) is 0. The standard InChI is InChI=1S/C17H17N3.C2H6/c1-13-19-12-17(20-13)11-14-3-2-4-15(6-5-14)16-7-9-18-10-8-16;1-2/h2,4-10,12H,3,11H2,1H3,(H,19,20);1-2H3. The zero-order chi connectivity index (χ0) is 15.8. The Bertz CT molecular complexity index is 676. The minimum Gasteiger partial charge on any atom is -0.346 e. The molecule has 22 heavy (non-hydrogen) atoms. The maximum atomic E-state index is 4.24. The Labute approximate surface area is 132 Å². The molecule has 3 heteroatoms. The van der Waals surface area contributed by atoms with Gasteiger partial charge in [0.05, 0.1) is 0 Å². The van der Waals surface area contributed by atoms with Crippen LogP contribution in [-0.2, 0) is 6.42 Å². The molecule has 0 bridgehead atoms. The minimum absolute atomic E-state index is 0.922. The van der Waals surface area contributed by atoms with E-state index in [2.05, 4.69) is 39.3 Å². The van der Waals surface area contributed by atoms with Crippen LogP contribution in [0.2, 0.25) is 0 Å². The first-order valence-corrected chi connectivity index (χ1v) is 7.78. The summed E-state index contributed by atoms with van der Waals surface area (Å²) in [7, 11) is 0. The number of aromatic amines is 1. The van der Waals surface area contributed by atoms with Crippen LogP contribution in [0.4, 0.5) is 0 Å². The number of pyridine rings is 1. The van der Waals surface area contributed by atoms with Gasteiger partial charge in [-0.1, -0.05) is 43.7 Å². The summed E-state index contributed by atoms with van der Waals surface area (Å²) in [6.07, 6.45) is 16.3. The van der Waals surface area contributed by atoms with Gasteiger partial charge in [-0.05, 0) is 36.6 Å². The fraction of sp³-hybridized carbons (Fsp3) is 0.263. The molecule has 0 atom stereocenters. The van der Waals surface area contributed by atoms with E-state index in [1.807, 2.05) is 51.5 Å². The van der Waals surface area contributed by atoms with Crippen LogP contribution in [0.25, 0.3) is 5.57 Å². The fourth-order valence-electron chi connectivity index (χ4n) is 2.34. The van der Waals surface area contributed by atoms with E-state index in [-0.39, 0.29) is 0 Å². The molecule has 3 rings (SSSR count). The van der Waals surface area contributed by atoms with Gasteiger partial charge in [0.1, 0.15) is 5.82 Å². The first kappa shape index (κ1) is 16.0. The maximum Gasteiger partial charge on any atom is 0.103 e. The van der Waals surface area contributed by atoms with Crippen molar-refractivity contribution >= 4 is 5.57 Å². The quantitative estimate of drug-likeness (QED) is 0.894. The summed E-state index contributed by atoms with van der Waals surface area (Å²) >= 11 is 0. The van der Waals surface area contributed by atoms with Gasteiger partial charge in [0.25, 0.3) is 0 Å². The van der Waals surface area contributed by atoms with E-state index in [0.717, 1.165) is 18.7 Å². The van der Waals surface area contributed by atoms with Crippen molar-refractivity contribution in [3.8, 4) is 0 Å². The normalized spacial score (nSPS) is 13.6. The smallest absolute Gasteiger partial charge is 0.103 e. The predicted molar refractivity (Wildman–Crippen MR) is 92.4 cm³/mol. The fourth-order valence-corrected chi connectivity index (χ4v) is 2.34. The topological polar surface area (TPSA) is 41.6 Å². The van der Waals surface area contributed by atoms with Gasteiger partial charge in [0, 0.05) is 30.7 Å². The molecule has 0 spiro atoms. The lowest BCUT2D eigenvalue weighted by Gasteiger charge is -2.00. The summed E-state index contributed by atoms with van der Waals surface area (Å²) in [6, 6.07) is 4.07. The summed E-state index contributed by atoms with van der Waals surface area (Å²) in [5.74, 6) is 0.970. The molecule has 0 aliphatic heterocycles. The Hall–Kier alpha value is -2.42. The van der Waals surface area contributed by atoms with E-state index in [1.54, 1.807) is 0 Å². The highest BCUT2D eigenvalue weighted by Crippen LogP contribution is 2.21. The molecule has 2 aromatic heterocycles. The minimum atomic E-state index is 0.922. The second-order valence-corrected chi connectivity index (χ2v) is 4.96. The van der Waals surface area contributed by atoms with E-state index in [9.17, 15) is 0 Å². The van der Waals surface area contributed by atoms with E-state index < -0.39 is 0 Å². The molecule has 2 aromatic rings. The molecule has 0 saturated carbocycles. The van der Waals surface area contributed by atoms with Gasteiger partial charge in [-0.2, -0.15) is 0 Å². The molecular formula is C19H23N3. The van der Waals surface area contributed by atoms with Crippen molar-refractivity contribution in [3.63, 3.8) is 0 Å². The van der Waals surface area contributed by atoms with Crippen LogP contribution < -0.4 is 0 Å². The molecule has 0 unspecified atom stereocenters. The summed E-state index contributed by atoms with van der Waals surface area (Å²) in [5.41, 5.74) is 4.98. The average molecular weight is 293 g/mol. The molecule has 0 amide bonds. The van der Waals surface area contributed by atoms with Crippen LogP contribution in [0.5, 0.6) is 0 Å². The van der Waals surface area contributed by atoms with Crippen molar-refractivity contribution in [1.82, 2.24) is 15.0 Å². The predicted octanol–water partition coefficient (Wildman–Crippen LogP) is 4.65. The van der Waals surface area contributed by atoms with Crippen LogP contribution in [0.1, 0.15) is 37.4 Å². The number of imidazole rings is 1.